The van der Waals surface area contributed by atoms with Gasteiger partial charge in [-0.05, 0) is 24.0 Å². The maximum Gasteiger partial charge on any atom is 0.0927 e. The molecule has 0 saturated carbocycles. The summed E-state index contributed by atoms with van der Waals surface area (Å²) in [5, 5.41) is 10.1. The van der Waals surface area contributed by atoms with Gasteiger partial charge in [-0.2, -0.15) is 0 Å². The first-order chi connectivity index (χ1) is 6.26. The Morgan fingerprint density at radius 3 is 2.92 bits per heavy atom. The number of alkyl halides is 1. The first-order valence-electron chi connectivity index (χ1n) is 4.63. The van der Waals surface area contributed by atoms with Gasteiger partial charge in [-0.3, -0.25) is 4.39 Å². The third-order valence-electron chi connectivity index (χ3n) is 2.83. The third-order valence-corrected chi connectivity index (χ3v) is 2.83. The van der Waals surface area contributed by atoms with Gasteiger partial charge in [0.1, 0.15) is 0 Å². The predicted octanol–water partition coefficient (Wildman–Crippen LogP) is 2.18. The highest BCUT2D eigenvalue weighted by molar-refractivity contribution is 5.36. The van der Waals surface area contributed by atoms with E-state index in [-0.39, 0.29) is 6.42 Å². The first-order valence-corrected chi connectivity index (χ1v) is 4.63. The summed E-state index contributed by atoms with van der Waals surface area (Å²) in [6.45, 7) is -0.454. The van der Waals surface area contributed by atoms with E-state index in [9.17, 15) is 9.50 Å². The number of hydrogen-bond donors (Lipinski definition) is 1. The highest BCUT2D eigenvalue weighted by Crippen LogP contribution is 2.38. The molecule has 1 aromatic rings. The summed E-state index contributed by atoms with van der Waals surface area (Å²) in [5.74, 6) is 0. The third kappa shape index (κ3) is 1.35. The summed E-state index contributed by atoms with van der Waals surface area (Å²) in [5.41, 5.74) is 1.19. The van der Waals surface area contributed by atoms with Crippen LogP contribution < -0.4 is 0 Å². The minimum absolute atomic E-state index is 0.226. The van der Waals surface area contributed by atoms with Gasteiger partial charge in [0.15, 0.2) is 0 Å². The van der Waals surface area contributed by atoms with Gasteiger partial charge in [0.05, 0.1) is 12.3 Å². The van der Waals surface area contributed by atoms with Gasteiger partial charge in [0, 0.05) is 6.42 Å². The van der Waals surface area contributed by atoms with Crippen molar-refractivity contribution in [2.45, 2.75) is 24.9 Å². The summed E-state index contributed by atoms with van der Waals surface area (Å²) in [6, 6.07) is 7.76. The molecule has 2 rings (SSSR count). The first kappa shape index (κ1) is 8.70. The van der Waals surface area contributed by atoms with Crippen LogP contribution in [0.4, 0.5) is 4.39 Å². The largest absolute Gasteiger partial charge is 0.385 e. The van der Waals surface area contributed by atoms with Crippen molar-refractivity contribution in [2.75, 3.05) is 6.67 Å². The molecule has 0 saturated heterocycles. The maximum atomic E-state index is 12.2. The van der Waals surface area contributed by atoms with Gasteiger partial charge in [0.2, 0.25) is 0 Å². The van der Waals surface area contributed by atoms with Crippen molar-refractivity contribution in [1.82, 2.24) is 0 Å². The number of benzene rings is 1. The standard InChI is InChI=1S/C11H13FO/c12-8-7-11(13)6-5-9-3-1-2-4-10(9)11/h1-4,13H,5-8H2. The van der Waals surface area contributed by atoms with Crippen molar-refractivity contribution in [3.8, 4) is 0 Å². The number of aliphatic hydroxyl groups is 1. The van der Waals surface area contributed by atoms with Crippen LogP contribution in [0.5, 0.6) is 0 Å². The lowest BCUT2D eigenvalue weighted by Gasteiger charge is -2.22. The second-order valence-electron chi connectivity index (χ2n) is 3.63. The molecule has 13 heavy (non-hydrogen) atoms. The fourth-order valence-corrected chi connectivity index (χ4v) is 2.08. The van der Waals surface area contributed by atoms with Crippen LogP contribution in [0.2, 0.25) is 0 Å². The highest BCUT2D eigenvalue weighted by atomic mass is 19.1. The zero-order chi connectivity index (χ0) is 9.31. The van der Waals surface area contributed by atoms with E-state index in [4.69, 9.17) is 0 Å². The van der Waals surface area contributed by atoms with Crippen LogP contribution >= 0.6 is 0 Å². The lowest BCUT2D eigenvalue weighted by atomic mass is 9.93. The fraction of sp³-hybridized carbons (Fsp3) is 0.455. The molecule has 0 radical (unpaired) electrons. The molecule has 1 unspecified atom stereocenters. The van der Waals surface area contributed by atoms with Crippen LogP contribution in [0.3, 0.4) is 0 Å². The average molecular weight is 180 g/mol. The van der Waals surface area contributed by atoms with Gasteiger partial charge in [-0.1, -0.05) is 24.3 Å². The monoisotopic (exact) mass is 180 g/mol. The van der Waals surface area contributed by atoms with Gasteiger partial charge in [0.25, 0.3) is 0 Å². The molecule has 1 aromatic carbocycles. The SMILES string of the molecule is OC1(CCF)CCc2ccccc21. The molecule has 0 amide bonds. The molecular formula is C11H13FO. The van der Waals surface area contributed by atoms with Crippen LogP contribution in [-0.2, 0) is 12.0 Å². The lowest BCUT2D eigenvalue weighted by molar-refractivity contribution is 0.0231. The molecule has 0 bridgehead atoms. The van der Waals surface area contributed by atoms with Crippen LogP contribution in [-0.4, -0.2) is 11.8 Å². The molecule has 2 heteroatoms. The Bertz CT molecular complexity index is 307. The minimum atomic E-state index is -0.897. The molecule has 0 spiro atoms. The van der Waals surface area contributed by atoms with Crippen LogP contribution in [0.25, 0.3) is 0 Å². The molecule has 0 fully saturated rings. The number of hydrogen-bond acceptors (Lipinski definition) is 1. The zero-order valence-corrected chi connectivity index (χ0v) is 7.46. The molecule has 0 heterocycles. The number of halogens is 1. The quantitative estimate of drug-likeness (QED) is 0.739. The van der Waals surface area contributed by atoms with Crippen molar-refractivity contribution < 1.29 is 9.50 Å². The van der Waals surface area contributed by atoms with Crippen LogP contribution in [0, 0.1) is 0 Å². The Morgan fingerprint density at radius 2 is 2.15 bits per heavy atom. The fourth-order valence-electron chi connectivity index (χ4n) is 2.08. The van der Waals surface area contributed by atoms with E-state index in [1.807, 2.05) is 24.3 Å². The van der Waals surface area contributed by atoms with E-state index in [1.165, 1.54) is 5.56 Å². The maximum absolute atomic E-state index is 12.2. The molecule has 70 valence electrons. The zero-order valence-electron chi connectivity index (χ0n) is 7.46. The Morgan fingerprint density at radius 1 is 1.38 bits per heavy atom. The molecule has 1 nitrogen and oxygen atoms in total. The Hall–Kier alpha value is -0.890. The Labute approximate surface area is 77.2 Å². The van der Waals surface area contributed by atoms with E-state index in [1.54, 1.807) is 0 Å². The van der Waals surface area contributed by atoms with Crippen molar-refractivity contribution in [1.29, 1.82) is 0 Å². The van der Waals surface area contributed by atoms with E-state index >= 15 is 0 Å². The average Bonchev–Trinajstić information content (AvgIpc) is 2.46. The van der Waals surface area contributed by atoms with Gasteiger partial charge < -0.3 is 5.11 Å². The lowest BCUT2D eigenvalue weighted by Crippen LogP contribution is -2.22. The summed E-state index contributed by atoms with van der Waals surface area (Å²) in [7, 11) is 0. The summed E-state index contributed by atoms with van der Waals surface area (Å²) >= 11 is 0. The van der Waals surface area contributed by atoms with E-state index in [0.717, 1.165) is 12.0 Å². The van der Waals surface area contributed by atoms with Gasteiger partial charge in [-0.15, -0.1) is 0 Å². The molecule has 1 aliphatic carbocycles. The number of fused-ring (bicyclic) bond motifs is 1. The molecule has 1 atom stereocenters. The summed E-state index contributed by atoms with van der Waals surface area (Å²) < 4.78 is 12.2. The Balaban J connectivity index is 2.37. The number of aryl methyl sites for hydroxylation is 1. The second-order valence-corrected chi connectivity index (χ2v) is 3.63. The Kier molecular flexibility index (Phi) is 2.08. The van der Waals surface area contributed by atoms with Crippen molar-refractivity contribution in [2.24, 2.45) is 0 Å². The summed E-state index contributed by atoms with van der Waals surface area (Å²) in [4.78, 5) is 0. The smallest absolute Gasteiger partial charge is 0.0927 e. The van der Waals surface area contributed by atoms with Crippen LogP contribution in [0.15, 0.2) is 24.3 Å². The van der Waals surface area contributed by atoms with Crippen LogP contribution in [0.1, 0.15) is 24.0 Å². The molecule has 1 N–H and O–H groups in total. The second kappa shape index (κ2) is 3.11. The number of rotatable bonds is 2. The molecular weight excluding hydrogens is 167 g/mol. The molecule has 0 aliphatic heterocycles. The predicted molar refractivity (Wildman–Crippen MR) is 49.3 cm³/mol. The molecule has 0 aromatic heterocycles. The highest BCUT2D eigenvalue weighted by Gasteiger charge is 2.35. The van der Waals surface area contributed by atoms with E-state index < -0.39 is 12.3 Å². The molecule has 1 aliphatic rings. The normalized spacial score (nSPS) is 26.0. The van der Waals surface area contributed by atoms with Crippen molar-refractivity contribution >= 4 is 0 Å². The van der Waals surface area contributed by atoms with Gasteiger partial charge in [-0.25, -0.2) is 0 Å². The topological polar surface area (TPSA) is 20.2 Å². The van der Waals surface area contributed by atoms with E-state index in [0.29, 0.717) is 6.42 Å². The van der Waals surface area contributed by atoms with Crippen molar-refractivity contribution in [3.05, 3.63) is 35.4 Å². The van der Waals surface area contributed by atoms with Gasteiger partial charge >= 0.3 is 0 Å². The van der Waals surface area contributed by atoms with Crippen molar-refractivity contribution in [3.63, 3.8) is 0 Å². The summed E-state index contributed by atoms with van der Waals surface area (Å²) in [6.07, 6.45) is 1.76. The van der Waals surface area contributed by atoms with E-state index in [2.05, 4.69) is 0 Å². The minimum Gasteiger partial charge on any atom is -0.385 e.